The van der Waals surface area contributed by atoms with Gasteiger partial charge in [-0.3, -0.25) is 4.79 Å². The number of halogens is 1. The SMILES string of the molecule is CC(Cl)CN(C)C(=O)COC(C)C. The number of ether oxygens (including phenoxy) is 1. The minimum atomic E-state index is -0.0267. The summed E-state index contributed by atoms with van der Waals surface area (Å²) < 4.78 is 5.17. The van der Waals surface area contributed by atoms with Crippen LogP contribution in [0.1, 0.15) is 20.8 Å². The molecule has 1 atom stereocenters. The van der Waals surface area contributed by atoms with Gasteiger partial charge in [0.05, 0.1) is 6.10 Å². The molecule has 0 fully saturated rings. The standard InChI is InChI=1S/C9H18ClNO2/c1-7(2)13-6-9(12)11(4)5-8(3)10/h7-8H,5-6H2,1-4H3. The average Bonchev–Trinajstić information content (AvgIpc) is 1.98. The summed E-state index contributed by atoms with van der Waals surface area (Å²) in [5.41, 5.74) is 0. The lowest BCUT2D eigenvalue weighted by molar-refractivity contribution is -0.136. The van der Waals surface area contributed by atoms with Crippen LogP contribution in [0.25, 0.3) is 0 Å². The number of likely N-dealkylation sites (N-methyl/N-ethyl adjacent to an activating group) is 1. The molecule has 0 saturated carbocycles. The summed E-state index contributed by atoms with van der Waals surface area (Å²) in [6, 6.07) is 0. The molecule has 0 saturated heterocycles. The molecule has 0 aliphatic rings. The zero-order valence-electron chi connectivity index (χ0n) is 8.71. The van der Waals surface area contributed by atoms with Crippen LogP contribution in [-0.2, 0) is 9.53 Å². The van der Waals surface area contributed by atoms with Crippen LogP contribution in [0.4, 0.5) is 0 Å². The molecule has 0 bridgehead atoms. The summed E-state index contributed by atoms with van der Waals surface area (Å²) in [4.78, 5) is 12.9. The van der Waals surface area contributed by atoms with Crippen molar-refractivity contribution in [2.75, 3.05) is 20.2 Å². The maximum absolute atomic E-state index is 11.3. The van der Waals surface area contributed by atoms with E-state index >= 15 is 0 Å². The van der Waals surface area contributed by atoms with E-state index in [2.05, 4.69) is 0 Å². The lowest BCUT2D eigenvalue weighted by Crippen LogP contribution is -2.34. The van der Waals surface area contributed by atoms with E-state index in [4.69, 9.17) is 16.3 Å². The molecule has 0 aliphatic heterocycles. The van der Waals surface area contributed by atoms with Gasteiger partial charge in [-0.15, -0.1) is 11.6 Å². The van der Waals surface area contributed by atoms with Crippen molar-refractivity contribution >= 4 is 17.5 Å². The Morgan fingerprint density at radius 3 is 2.38 bits per heavy atom. The van der Waals surface area contributed by atoms with E-state index in [0.29, 0.717) is 6.54 Å². The molecule has 0 N–H and O–H groups in total. The van der Waals surface area contributed by atoms with Gasteiger partial charge in [-0.05, 0) is 20.8 Å². The Bertz CT molecular complexity index is 160. The van der Waals surface area contributed by atoms with Crippen LogP contribution in [0.2, 0.25) is 0 Å². The first-order valence-electron chi connectivity index (χ1n) is 4.43. The molecule has 3 nitrogen and oxygen atoms in total. The van der Waals surface area contributed by atoms with Crippen molar-refractivity contribution in [3.63, 3.8) is 0 Å². The van der Waals surface area contributed by atoms with Gasteiger partial charge in [0.15, 0.2) is 0 Å². The third-order valence-electron chi connectivity index (χ3n) is 1.49. The van der Waals surface area contributed by atoms with E-state index in [1.165, 1.54) is 0 Å². The maximum Gasteiger partial charge on any atom is 0.248 e. The van der Waals surface area contributed by atoms with E-state index in [1.54, 1.807) is 11.9 Å². The third kappa shape index (κ3) is 6.84. The molecule has 0 rings (SSSR count). The Morgan fingerprint density at radius 1 is 1.46 bits per heavy atom. The van der Waals surface area contributed by atoms with Gasteiger partial charge in [-0.1, -0.05) is 0 Å². The number of carbonyl (C=O) groups excluding carboxylic acids is 1. The van der Waals surface area contributed by atoms with E-state index < -0.39 is 0 Å². The van der Waals surface area contributed by atoms with Crippen LogP contribution in [0.5, 0.6) is 0 Å². The highest BCUT2D eigenvalue weighted by molar-refractivity contribution is 6.20. The van der Waals surface area contributed by atoms with Gasteiger partial charge in [0, 0.05) is 19.0 Å². The first-order chi connectivity index (χ1) is 5.93. The van der Waals surface area contributed by atoms with E-state index in [0.717, 1.165) is 0 Å². The fourth-order valence-electron chi connectivity index (χ4n) is 0.827. The summed E-state index contributed by atoms with van der Waals surface area (Å²) in [6.45, 7) is 6.35. The summed E-state index contributed by atoms with van der Waals surface area (Å²) in [6.07, 6.45) is 0.0887. The molecule has 0 aromatic heterocycles. The molecule has 0 radical (unpaired) electrons. The molecule has 78 valence electrons. The molecular weight excluding hydrogens is 190 g/mol. The van der Waals surface area contributed by atoms with Gasteiger partial charge in [0.2, 0.25) is 5.91 Å². The molecule has 4 heteroatoms. The molecule has 0 aromatic carbocycles. The fraction of sp³-hybridized carbons (Fsp3) is 0.889. The zero-order valence-corrected chi connectivity index (χ0v) is 9.47. The number of nitrogens with zero attached hydrogens (tertiary/aromatic N) is 1. The van der Waals surface area contributed by atoms with Crippen LogP contribution >= 0.6 is 11.6 Å². The van der Waals surface area contributed by atoms with Crippen molar-refractivity contribution in [2.45, 2.75) is 32.3 Å². The van der Waals surface area contributed by atoms with E-state index in [9.17, 15) is 4.79 Å². The van der Waals surface area contributed by atoms with Crippen LogP contribution in [0.3, 0.4) is 0 Å². The number of hydrogen-bond acceptors (Lipinski definition) is 2. The Balaban J connectivity index is 3.69. The molecule has 0 aliphatic carbocycles. The van der Waals surface area contributed by atoms with Crippen molar-refractivity contribution in [1.29, 1.82) is 0 Å². The Morgan fingerprint density at radius 2 is 2.00 bits per heavy atom. The van der Waals surface area contributed by atoms with Crippen LogP contribution < -0.4 is 0 Å². The highest BCUT2D eigenvalue weighted by atomic mass is 35.5. The Hall–Kier alpha value is -0.280. The smallest absolute Gasteiger partial charge is 0.248 e. The number of amides is 1. The van der Waals surface area contributed by atoms with Gasteiger partial charge in [-0.25, -0.2) is 0 Å². The van der Waals surface area contributed by atoms with Crippen LogP contribution in [0, 0.1) is 0 Å². The van der Waals surface area contributed by atoms with Crippen molar-refractivity contribution in [1.82, 2.24) is 4.90 Å². The van der Waals surface area contributed by atoms with E-state index in [1.807, 2.05) is 20.8 Å². The first kappa shape index (κ1) is 12.7. The van der Waals surface area contributed by atoms with Crippen molar-refractivity contribution in [2.24, 2.45) is 0 Å². The number of alkyl halides is 1. The summed E-state index contributed by atoms with van der Waals surface area (Å²) in [7, 11) is 1.73. The lowest BCUT2D eigenvalue weighted by atomic mass is 10.4. The predicted octanol–water partition coefficient (Wildman–Crippen LogP) is 1.50. The van der Waals surface area contributed by atoms with Crippen LogP contribution in [0.15, 0.2) is 0 Å². The molecular formula is C9H18ClNO2. The monoisotopic (exact) mass is 207 g/mol. The highest BCUT2D eigenvalue weighted by Gasteiger charge is 2.11. The second-order valence-corrected chi connectivity index (χ2v) is 4.16. The second kappa shape index (κ2) is 6.22. The fourth-order valence-corrected chi connectivity index (χ4v) is 1.03. The average molecular weight is 208 g/mol. The minimum Gasteiger partial charge on any atom is -0.369 e. The maximum atomic E-state index is 11.3. The predicted molar refractivity (Wildman–Crippen MR) is 54.0 cm³/mol. The summed E-state index contributed by atoms with van der Waals surface area (Å²) >= 11 is 5.74. The topological polar surface area (TPSA) is 29.5 Å². The lowest BCUT2D eigenvalue weighted by Gasteiger charge is -2.18. The van der Waals surface area contributed by atoms with Crippen LogP contribution in [-0.4, -0.2) is 42.5 Å². The number of carbonyl (C=O) groups is 1. The largest absolute Gasteiger partial charge is 0.369 e. The summed E-state index contributed by atoms with van der Waals surface area (Å²) in [5, 5.41) is -0.0204. The normalized spacial score (nSPS) is 13.1. The zero-order chi connectivity index (χ0) is 10.4. The first-order valence-corrected chi connectivity index (χ1v) is 4.86. The second-order valence-electron chi connectivity index (χ2n) is 3.41. The van der Waals surface area contributed by atoms with Crippen molar-refractivity contribution in [3.05, 3.63) is 0 Å². The highest BCUT2D eigenvalue weighted by Crippen LogP contribution is 1.98. The van der Waals surface area contributed by atoms with Crippen molar-refractivity contribution in [3.8, 4) is 0 Å². The number of rotatable bonds is 5. The molecule has 0 spiro atoms. The van der Waals surface area contributed by atoms with Gasteiger partial charge < -0.3 is 9.64 Å². The molecule has 0 heterocycles. The quantitative estimate of drug-likeness (QED) is 0.640. The molecule has 13 heavy (non-hydrogen) atoms. The Kier molecular flexibility index (Phi) is 6.08. The Labute approximate surface area is 85.0 Å². The van der Waals surface area contributed by atoms with Gasteiger partial charge in [0.1, 0.15) is 6.61 Å². The van der Waals surface area contributed by atoms with Gasteiger partial charge in [0.25, 0.3) is 0 Å². The molecule has 1 amide bonds. The third-order valence-corrected chi connectivity index (χ3v) is 1.63. The number of hydrogen-bond donors (Lipinski definition) is 0. The van der Waals surface area contributed by atoms with E-state index in [-0.39, 0.29) is 24.0 Å². The minimum absolute atomic E-state index is 0.0204. The molecule has 1 unspecified atom stereocenters. The van der Waals surface area contributed by atoms with Gasteiger partial charge in [-0.2, -0.15) is 0 Å². The summed E-state index contributed by atoms with van der Waals surface area (Å²) in [5.74, 6) is -0.0267. The van der Waals surface area contributed by atoms with Gasteiger partial charge >= 0.3 is 0 Å². The molecule has 0 aromatic rings. The van der Waals surface area contributed by atoms with Crippen molar-refractivity contribution < 1.29 is 9.53 Å².